The van der Waals surface area contributed by atoms with Crippen LogP contribution in [0, 0.1) is 12.8 Å². The van der Waals surface area contributed by atoms with Gasteiger partial charge in [-0.05, 0) is 44.0 Å². The lowest BCUT2D eigenvalue weighted by atomic mass is 9.72. The summed E-state index contributed by atoms with van der Waals surface area (Å²) in [5.74, 6) is 0.401. The number of fused-ring (bicyclic) bond motifs is 2. The van der Waals surface area contributed by atoms with Gasteiger partial charge in [0.05, 0.1) is 5.92 Å². The summed E-state index contributed by atoms with van der Waals surface area (Å²) in [6, 6.07) is 7.05. The molecule has 3 heterocycles. The first-order valence-electron chi connectivity index (χ1n) is 9.39. The number of carbonyl (C=O) groups excluding carboxylic acids is 1. The fourth-order valence-corrected chi connectivity index (χ4v) is 5.56. The minimum Gasteiger partial charge on any atom is -0.350 e. The van der Waals surface area contributed by atoms with Crippen LogP contribution in [0.4, 0.5) is 5.13 Å². The van der Waals surface area contributed by atoms with E-state index in [-0.39, 0.29) is 11.8 Å². The Balaban J connectivity index is 1.46. The molecule has 1 fully saturated rings. The van der Waals surface area contributed by atoms with Gasteiger partial charge in [-0.3, -0.25) is 4.79 Å². The van der Waals surface area contributed by atoms with Crippen LogP contribution < -0.4 is 5.32 Å². The molecule has 3 atom stereocenters. The number of piperidine rings is 1. The summed E-state index contributed by atoms with van der Waals surface area (Å²) < 4.78 is 2.23. The van der Waals surface area contributed by atoms with E-state index in [1.165, 1.54) is 33.4 Å². The number of carbonyl (C=O) groups is 1. The van der Waals surface area contributed by atoms with E-state index in [4.69, 9.17) is 0 Å². The summed E-state index contributed by atoms with van der Waals surface area (Å²) >= 11 is 1.42. The van der Waals surface area contributed by atoms with Crippen molar-refractivity contribution in [3.8, 4) is 0 Å². The molecule has 2 aromatic heterocycles. The van der Waals surface area contributed by atoms with Gasteiger partial charge in [-0.25, -0.2) is 0 Å². The third-order valence-electron chi connectivity index (χ3n) is 6.16. The fourth-order valence-electron chi connectivity index (χ4n) is 4.96. The molecule has 140 valence electrons. The quantitative estimate of drug-likeness (QED) is 0.741. The highest BCUT2D eigenvalue weighted by Crippen LogP contribution is 2.44. The van der Waals surface area contributed by atoms with Crippen LogP contribution in [0.1, 0.15) is 28.5 Å². The number of aryl methyl sites for hydroxylation is 2. The molecule has 5 rings (SSSR count). The molecule has 1 unspecified atom stereocenters. The standard InChI is InChI=1S/C20H23N5OS/c1-11-22-23-20(27-11)21-19(26)13-7-15-14-5-4-6-16-18(14)12(9-24(16)2)8-17(15)25(3)10-13/h4-6,9,13,15,17H,7-8,10H2,1-3H3,(H,21,23,26)/t13?,15-,17-/m1/s1. The zero-order valence-corrected chi connectivity index (χ0v) is 16.6. The minimum absolute atomic E-state index is 0.0408. The molecule has 1 aliphatic carbocycles. The summed E-state index contributed by atoms with van der Waals surface area (Å²) in [6.45, 7) is 2.68. The molecule has 1 aromatic carbocycles. The Labute approximate surface area is 162 Å². The Hall–Kier alpha value is -2.25. The molecule has 0 spiro atoms. The number of rotatable bonds is 2. The van der Waals surface area contributed by atoms with Gasteiger partial charge in [0.1, 0.15) is 5.01 Å². The number of benzene rings is 1. The van der Waals surface area contributed by atoms with Crippen LogP contribution in [0.5, 0.6) is 0 Å². The summed E-state index contributed by atoms with van der Waals surface area (Å²) in [6.07, 6.45) is 4.21. The number of likely N-dealkylation sites (N-methyl/N-ethyl adjacent to an activating group) is 1. The lowest BCUT2D eigenvalue weighted by Crippen LogP contribution is -2.50. The van der Waals surface area contributed by atoms with Gasteiger partial charge in [0.2, 0.25) is 11.0 Å². The number of hydrogen-bond donors (Lipinski definition) is 1. The molecule has 2 aliphatic rings. The van der Waals surface area contributed by atoms with Crippen LogP contribution in [0.3, 0.4) is 0 Å². The Morgan fingerprint density at radius 1 is 1.30 bits per heavy atom. The van der Waals surface area contributed by atoms with Gasteiger partial charge >= 0.3 is 0 Å². The number of hydrogen-bond acceptors (Lipinski definition) is 5. The van der Waals surface area contributed by atoms with Gasteiger partial charge in [-0.2, -0.15) is 0 Å². The van der Waals surface area contributed by atoms with E-state index >= 15 is 0 Å². The molecular weight excluding hydrogens is 358 g/mol. The largest absolute Gasteiger partial charge is 0.350 e. The van der Waals surface area contributed by atoms with E-state index in [9.17, 15) is 4.79 Å². The first kappa shape index (κ1) is 16.9. The van der Waals surface area contributed by atoms with E-state index in [1.807, 2.05) is 6.92 Å². The zero-order chi connectivity index (χ0) is 18.7. The van der Waals surface area contributed by atoms with Crippen LogP contribution in [0.15, 0.2) is 24.4 Å². The molecule has 3 aromatic rings. The molecule has 0 bridgehead atoms. The second-order valence-electron chi connectivity index (χ2n) is 7.87. The zero-order valence-electron chi connectivity index (χ0n) is 15.8. The minimum atomic E-state index is -0.0408. The molecule has 1 aliphatic heterocycles. The molecule has 6 nitrogen and oxygen atoms in total. The van der Waals surface area contributed by atoms with Crippen molar-refractivity contribution in [2.24, 2.45) is 13.0 Å². The molecule has 1 amide bonds. The summed E-state index contributed by atoms with van der Waals surface area (Å²) in [5, 5.41) is 13.9. The highest BCUT2D eigenvalue weighted by molar-refractivity contribution is 7.15. The Morgan fingerprint density at radius 2 is 2.15 bits per heavy atom. The average Bonchev–Trinajstić information content (AvgIpc) is 3.20. The predicted octanol–water partition coefficient (Wildman–Crippen LogP) is 2.94. The number of nitrogens with zero attached hydrogens (tertiary/aromatic N) is 4. The number of anilines is 1. The number of likely N-dealkylation sites (tertiary alicyclic amines) is 1. The highest BCUT2D eigenvalue weighted by atomic mass is 32.1. The van der Waals surface area contributed by atoms with Gasteiger partial charge in [-0.1, -0.05) is 23.5 Å². The molecule has 1 saturated heterocycles. The van der Waals surface area contributed by atoms with E-state index in [0.29, 0.717) is 17.1 Å². The van der Waals surface area contributed by atoms with Crippen molar-refractivity contribution in [2.45, 2.75) is 31.7 Å². The molecule has 0 saturated carbocycles. The average molecular weight is 382 g/mol. The van der Waals surface area contributed by atoms with E-state index < -0.39 is 0 Å². The van der Waals surface area contributed by atoms with Crippen molar-refractivity contribution in [1.82, 2.24) is 19.7 Å². The maximum Gasteiger partial charge on any atom is 0.230 e. The second kappa shape index (κ2) is 6.14. The van der Waals surface area contributed by atoms with Gasteiger partial charge in [0, 0.05) is 42.7 Å². The molecule has 1 N–H and O–H groups in total. The van der Waals surface area contributed by atoms with E-state index in [0.717, 1.165) is 24.4 Å². The lowest BCUT2D eigenvalue weighted by Gasteiger charge is -2.45. The van der Waals surface area contributed by atoms with Crippen molar-refractivity contribution in [3.05, 3.63) is 40.5 Å². The summed E-state index contributed by atoms with van der Waals surface area (Å²) in [5.41, 5.74) is 4.12. The Bertz CT molecular complexity index is 1040. The Morgan fingerprint density at radius 3 is 2.93 bits per heavy atom. The van der Waals surface area contributed by atoms with E-state index in [2.05, 4.69) is 63.5 Å². The van der Waals surface area contributed by atoms with Crippen molar-refractivity contribution in [2.75, 3.05) is 18.9 Å². The predicted molar refractivity (Wildman–Crippen MR) is 107 cm³/mol. The van der Waals surface area contributed by atoms with Crippen LogP contribution in [0.25, 0.3) is 10.9 Å². The number of aromatic nitrogens is 3. The topological polar surface area (TPSA) is 63.1 Å². The van der Waals surface area contributed by atoms with Gasteiger partial charge in [0.15, 0.2) is 0 Å². The Kier molecular flexibility index (Phi) is 3.84. The van der Waals surface area contributed by atoms with Crippen molar-refractivity contribution in [3.63, 3.8) is 0 Å². The highest BCUT2D eigenvalue weighted by Gasteiger charge is 2.41. The van der Waals surface area contributed by atoms with Crippen LogP contribution in [-0.2, 0) is 18.3 Å². The molecule has 27 heavy (non-hydrogen) atoms. The number of nitrogens with one attached hydrogen (secondary N) is 1. The second-order valence-corrected chi connectivity index (χ2v) is 9.05. The third kappa shape index (κ3) is 2.68. The molecular formula is C20H23N5OS. The fraction of sp³-hybridized carbons (Fsp3) is 0.450. The normalized spacial score (nSPS) is 24.8. The summed E-state index contributed by atoms with van der Waals surface area (Å²) in [4.78, 5) is 15.3. The van der Waals surface area contributed by atoms with E-state index in [1.54, 1.807) is 0 Å². The first-order valence-corrected chi connectivity index (χ1v) is 10.2. The maximum atomic E-state index is 12.9. The van der Waals surface area contributed by atoms with Gasteiger partial charge < -0.3 is 14.8 Å². The van der Waals surface area contributed by atoms with Crippen molar-refractivity contribution < 1.29 is 4.79 Å². The lowest BCUT2D eigenvalue weighted by molar-refractivity contribution is -0.122. The smallest absolute Gasteiger partial charge is 0.230 e. The molecule has 7 heteroatoms. The van der Waals surface area contributed by atoms with Crippen LogP contribution in [0.2, 0.25) is 0 Å². The van der Waals surface area contributed by atoms with Gasteiger partial charge in [-0.15, -0.1) is 10.2 Å². The van der Waals surface area contributed by atoms with Crippen molar-refractivity contribution in [1.29, 1.82) is 0 Å². The molecule has 0 radical (unpaired) electrons. The SMILES string of the molecule is Cc1nnc(NC(=O)C2C[C@@H]3c4cccc5c4c(cn5C)C[C@H]3N(C)C2)s1. The first-order chi connectivity index (χ1) is 13.0. The monoisotopic (exact) mass is 381 g/mol. The maximum absolute atomic E-state index is 12.9. The van der Waals surface area contributed by atoms with Crippen molar-refractivity contribution >= 4 is 33.3 Å². The van der Waals surface area contributed by atoms with Gasteiger partial charge in [0.25, 0.3) is 0 Å². The third-order valence-corrected chi connectivity index (χ3v) is 6.91. The number of amides is 1. The van der Waals surface area contributed by atoms with Crippen LogP contribution >= 0.6 is 11.3 Å². The summed E-state index contributed by atoms with van der Waals surface area (Å²) in [7, 11) is 4.27. The van der Waals surface area contributed by atoms with Crippen LogP contribution in [-0.4, -0.2) is 45.2 Å².